The molecule has 0 aliphatic carbocycles. The second kappa shape index (κ2) is 8.98. The van der Waals surface area contributed by atoms with Gasteiger partial charge in [-0.1, -0.05) is 36.9 Å². The van der Waals surface area contributed by atoms with Crippen LogP contribution in [0.4, 0.5) is 0 Å². The Morgan fingerprint density at radius 2 is 1.94 bits per heavy atom. The molecule has 6 nitrogen and oxygen atoms in total. The number of nitrogens with one attached hydrogen (secondary N) is 1. The molecule has 4 aromatic rings. The standard InChI is InChI=1S/C24H26N4O2S/c1-5-17-8-9-20-19(11-17)21(29)12-18(25-20)14-31-24-27-26-23(28(24)4)13-30-22-10-15(2)6-7-16(22)3/h6-12H,5,13-14H2,1-4H3,(H,25,29). The number of nitrogens with zero attached hydrogens (tertiary/aromatic N) is 3. The second-order valence-corrected chi connectivity index (χ2v) is 8.64. The maximum absolute atomic E-state index is 12.5. The van der Waals surface area contributed by atoms with Crippen molar-refractivity contribution >= 4 is 22.7 Å². The lowest BCUT2D eigenvalue weighted by atomic mass is 10.1. The molecular formula is C24H26N4O2S. The van der Waals surface area contributed by atoms with Gasteiger partial charge >= 0.3 is 0 Å². The summed E-state index contributed by atoms with van der Waals surface area (Å²) in [4.78, 5) is 15.9. The lowest BCUT2D eigenvalue weighted by Gasteiger charge is -2.10. The fraction of sp³-hybridized carbons (Fsp3) is 0.292. The van der Waals surface area contributed by atoms with Crippen LogP contribution in [0.15, 0.2) is 52.4 Å². The van der Waals surface area contributed by atoms with E-state index in [0.29, 0.717) is 12.4 Å². The summed E-state index contributed by atoms with van der Waals surface area (Å²) in [6.07, 6.45) is 0.911. The first-order valence-electron chi connectivity index (χ1n) is 10.3. The van der Waals surface area contributed by atoms with Gasteiger partial charge in [-0.05, 0) is 55.2 Å². The molecule has 0 atom stereocenters. The first-order valence-corrected chi connectivity index (χ1v) is 11.3. The number of benzene rings is 2. The number of hydrogen-bond donors (Lipinski definition) is 1. The lowest BCUT2D eigenvalue weighted by Crippen LogP contribution is -2.06. The Balaban J connectivity index is 1.45. The van der Waals surface area contributed by atoms with E-state index in [1.54, 1.807) is 6.07 Å². The Labute approximate surface area is 185 Å². The molecule has 0 fully saturated rings. The van der Waals surface area contributed by atoms with Gasteiger partial charge in [0.05, 0.1) is 0 Å². The molecule has 4 rings (SSSR count). The molecule has 0 amide bonds. The SMILES string of the molecule is CCc1ccc2[nH]c(CSc3nnc(COc4cc(C)ccc4C)n3C)cc(=O)c2c1. The van der Waals surface area contributed by atoms with E-state index in [1.807, 2.05) is 43.7 Å². The summed E-state index contributed by atoms with van der Waals surface area (Å²) in [5.74, 6) is 2.21. The van der Waals surface area contributed by atoms with Crippen molar-refractivity contribution in [3.8, 4) is 5.75 Å². The van der Waals surface area contributed by atoms with Gasteiger partial charge < -0.3 is 14.3 Å². The third-order valence-electron chi connectivity index (χ3n) is 5.34. The van der Waals surface area contributed by atoms with Crippen LogP contribution in [-0.2, 0) is 25.8 Å². The number of pyridine rings is 1. The van der Waals surface area contributed by atoms with Crippen LogP contribution in [0.1, 0.15) is 35.1 Å². The molecule has 0 saturated carbocycles. The van der Waals surface area contributed by atoms with Gasteiger partial charge in [-0.2, -0.15) is 0 Å². The first-order chi connectivity index (χ1) is 14.9. The molecule has 2 aromatic heterocycles. The molecule has 31 heavy (non-hydrogen) atoms. The number of aryl methyl sites for hydroxylation is 3. The van der Waals surface area contributed by atoms with Gasteiger partial charge in [0.15, 0.2) is 16.4 Å². The minimum atomic E-state index is 0.0419. The Kier molecular flexibility index (Phi) is 6.13. The maximum atomic E-state index is 12.5. The quantitative estimate of drug-likeness (QED) is 0.427. The van der Waals surface area contributed by atoms with Crippen molar-refractivity contribution in [2.75, 3.05) is 0 Å². The molecule has 0 bridgehead atoms. The van der Waals surface area contributed by atoms with Crippen molar-refractivity contribution in [2.45, 2.75) is 44.7 Å². The van der Waals surface area contributed by atoms with Crippen LogP contribution in [0.5, 0.6) is 5.75 Å². The van der Waals surface area contributed by atoms with Crippen LogP contribution < -0.4 is 10.2 Å². The predicted octanol–water partition coefficient (Wildman–Crippen LogP) is 4.71. The maximum Gasteiger partial charge on any atom is 0.191 e. The van der Waals surface area contributed by atoms with Crippen molar-refractivity contribution in [3.05, 3.63) is 80.9 Å². The summed E-state index contributed by atoms with van der Waals surface area (Å²) in [6.45, 7) is 6.51. The minimum Gasteiger partial charge on any atom is -0.485 e. The molecule has 160 valence electrons. The second-order valence-electron chi connectivity index (χ2n) is 7.70. The van der Waals surface area contributed by atoms with Gasteiger partial charge in [0.2, 0.25) is 0 Å². The normalized spacial score (nSPS) is 11.2. The average Bonchev–Trinajstić information content (AvgIpc) is 3.12. The minimum absolute atomic E-state index is 0.0419. The number of aromatic nitrogens is 4. The third kappa shape index (κ3) is 4.66. The molecule has 2 aromatic carbocycles. The van der Waals surface area contributed by atoms with E-state index in [0.717, 1.165) is 56.4 Å². The smallest absolute Gasteiger partial charge is 0.191 e. The summed E-state index contributed by atoms with van der Waals surface area (Å²) >= 11 is 1.54. The topological polar surface area (TPSA) is 72.8 Å². The Morgan fingerprint density at radius 3 is 2.74 bits per heavy atom. The highest BCUT2D eigenvalue weighted by molar-refractivity contribution is 7.98. The van der Waals surface area contributed by atoms with Crippen molar-refractivity contribution in [1.82, 2.24) is 19.7 Å². The Hall–Kier alpha value is -3.06. The molecule has 0 spiro atoms. The van der Waals surface area contributed by atoms with Crippen molar-refractivity contribution in [1.29, 1.82) is 0 Å². The molecule has 0 saturated heterocycles. The van der Waals surface area contributed by atoms with E-state index in [4.69, 9.17) is 4.74 Å². The molecule has 7 heteroatoms. The van der Waals surface area contributed by atoms with Gasteiger partial charge in [-0.25, -0.2) is 0 Å². The highest BCUT2D eigenvalue weighted by Gasteiger charge is 2.12. The van der Waals surface area contributed by atoms with Gasteiger partial charge in [0, 0.05) is 35.5 Å². The zero-order valence-electron chi connectivity index (χ0n) is 18.2. The summed E-state index contributed by atoms with van der Waals surface area (Å²) < 4.78 is 7.90. The van der Waals surface area contributed by atoms with Crippen LogP contribution in [0.25, 0.3) is 10.9 Å². The fourth-order valence-electron chi connectivity index (χ4n) is 3.39. The zero-order chi connectivity index (χ0) is 22.0. The summed E-state index contributed by atoms with van der Waals surface area (Å²) in [6, 6.07) is 13.8. The number of thioether (sulfide) groups is 1. The number of fused-ring (bicyclic) bond motifs is 1. The van der Waals surface area contributed by atoms with Crippen LogP contribution in [-0.4, -0.2) is 19.7 Å². The number of rotatable bonds is 7. The molecular weight excluding hydrogens is 408 g/mol. The number of H-pyrrole nitrogens is 1. The fourth-order valence-corrected chi connectivity index (χ4v) is 4.23. The van der Waals surface area contributed by atoms with Crippen LogP contribution in [0.2, 0.25) is 0 Å². The van der Waals surface area contributed by atoms with E-state index < -0.39 is 0 Å². The largest absolute Gasteiger partial charge is 0.485 e. The van der Waals surface area contributed by atoms with Crippen molar-refractivity contribution in [2.24, 2.45) is 7.05 Å². The van der Waals surface area contributed by atoms with Crippen molar-refractivity contribution in [3.63, 3.8) is 0 Å². The number of hydrogen-bond acceptors (Lipinski definition) is 5. The summed E-state index contributed by atoms with van der Waals surface area (Å²) in [5.41, 5.74) is 5.18. The lowest BCUT2D eigenvalue weighted by molar-refractivity contribution is 0.288. The van der Waals surface area contributed by atoms with E-state index in [-0.39, 0.29) is 5.43 Å². The molecule has 0 unspecified atom stereocenters. The third-order valence-corrected chi connectivity index (χ3v) is 6.41. The molecule has 0 radical (unpaired) electrons. The van der Waals surface area contributed by atoms with Gasteiger partial charge in [-0.3, -0.25) is 4.79 Å². The van der Waals surface area contributed by atoms with Crippen LogP contribution in [0, 0.1) is 13.8 Å². The van der Waals surface area contributed by atoms with E-state index >= 15 is 0 Å². The average molecular weight is 435 g/mol. The van der Waals surface area contributed by atoms with E-state index in [2.05, 4.69) is 40.3 Å². The van der Waals surface area contributed by atoms with E-state index in [1.165, 1.54) is 11.8 Å². The summed E-state index contributed by atoms with van der Waals surface area (Å²) in [7, 11) is 1.93. The molecule has 0 aliphatic heterocycles. The zero-order valence-corrected chi connectivity index (χ0v) is 19.0. The van der Waals surface area contributed by atoms with Crippen molar-refractivity contribution < 1.29 is 4.74 Å². The van der Waals surface area contributed by atoms with Gasteiger partial charge in [-0.15, -0.1) is 10.2 Å². The highest BCUT2D eigenvalue weighted by atomic mass is 32.2. The molecule has 2 heterocycles. The predicted molar refractivity (Wildman–Crippen MR) is 125 cm³/mol. The first kappa shape index (κ1) is 21.2. The molecule has 1 N–H and O–H groups in total. The number of aromatic amines is 1. The molecule has 0 aliphatic rings. The highest BCUT2D eigenvalue weighted by Crippen LogP contribution is 2.23. The monoisotopic (exact) mass is 434 g/mol. The Morgan fingerprint density at radius 1 is 1.10 bits per heavy atom. The van der Waals surface area contributed by atoms with Gasteiger partial charge in [0.25, 0.3) is 0 Å². The Bertz CT molecular complexity index is 1290. The van der Waals surface area contributed by atoms with E-state index in [9.17, 15) is 4.79 Å². The summed E-state index contributed by atoms with van der Waals surface area (Å²) in [5, 5.41) is 10.1. The number of ether oxygens (including phenoxy) is 1. The van der Waals surface area contributed by atoms with Gasteiger partial charge in [0.1, 0.15) is 12.4 Å². The van der Waals surface area contributed by atoms with Crippen LogP contribution in [0.3, 0.4) is 0 Å². The van der Waals surface area contributed by atoms with Crippen LogP contribution >= 0.6 is 11.8 Å².